The molecule has 1 heterocycles. The summed E-state index contributed by atoms with van der Waals surface area (Å²) < 4.78 is 5.31. The summed E-state index contributed by atoms with van der Waals surface area (Å²) >= 11 is 11.9. The molecule has 0 unspecified atom stereocenters. The lowest BCUT2D eigenvalue weighted by Crippen LogP contribution is -2.04. The Kier molecular flexibility index (Phi) is 8.20. The normalized spacial score (nSPS) is 13.3. The van der Waals surface area contributed by atoms with Crippen LogP contribution in [0, 0.1) is 5.92 Å². The molecular weight excluding hydrogens is 403 g/mol. The van der Waals surface area contributed by atoms with Crippen LogP contribution in [0.4, 0.5) is 0 Å². The second-order valence-electron chi connectivity index (χ2n) is 6.79. The van der Waals surface area contributed by atoms with Gasteiger partial charge in [0.2, 0.25) is 0 Å². The zero-order valence-corrected chi connectivity index (χ0v) is 17.2. The third-order valence-electron chi connectivity index (χ3n) is 4.32. The van der Waals surface area contributed by atoms with Crippen molar-refractivity contribution < 1.29 is 24.8 Å². The summed E-state index contributed by atoms with van der Waals surface area (Å²) in [5, 5.41) is 40.2. The Hall–Kier alpha value is -1.72. The van der Waals surface area contributed by atoms with Crippen molar-refractivity contribution in [3.05, 3.63) is 68.8 Å². The van der Waals surface area contributed by atoms with E-state index < -0.39 is 12.2 Å². The van der Waals surface area contributed by atoms with Crippen LogP contribution >= 0.6 is 23.2 Å². The van der Waals surface area contributed by atoms with E-state index in [0.717, 1.165) is 5.57 Å². The molecule has 7 heteroatoms. The molecule has 0 aliphatic rings. The van der Waals surface area contributed by atoms with Crippen molar-refractivity contribution in [3.63, 3.8) is 0 Å². The van der Waals surface area contributed by atoms with Crippen molar-refractivity contribution >= 4 is 23.2 Å². The van der Waals surface area contributed by atoms with Gasteiger partial charge in [-0.2, -0.15) is 0 Å². The van der Waals surface area contributed by atoms with Crippen LogP contribution in [0.1, 0.15) is 56.0 Å². The summed E-state index contributed by atoms with van der Waals surface area (Å²) in [4.78, 5) is 0. The van der Waals surface area contributed by atoms with E-state index in [9.17, 15) is 15.3 Å². The third kappa shape index (κ3) is 5.89. The molecule has 2 aromatic rings. The Morgan fingerprint density at radius 2 is 1.89 bits per heavy atom. The average Bonchev–Trinajstić information content (AvgIpc) is 3.12. The van der Waals surface area contributed by atoms with Crippen LogP contribution < -0.4 is 0 Å². The number of rotatable bonds is 8. The zero-order chi connectivity index (χ0) is 20.8. The SMILES string of the molecule is CC(C)C(=C=CC[C@H](O)c1ccc(CO)o1)C[C@H](O)c1cc(Cl)cc(Cl)c1O. The number of aliphatic hydroxyl groups excluding tert-OH is 3. The van der Waals surface area contributed by atoms with E-state index in [1.165, 1.54) is 12.1 Å². The quantitative estimate of drug-likeness (QED) is 0.442. The van der Waals surface area contributed by atoms with Crippen LogP contribution in [-0.2, 0) is 6.61 Å². The lowest BCUT2D eigenvalue weighted by Gasteiger charge is -2.17. The van der Waals surface area contributed by atoms with Gasteiger partial charge >= 0.3 is 0 Å². The first-order valence-electron chi connectivity index (χ1n) is 8.90. The maximum absolute atomic E-state index is 10.5. The standard InChI is InChI=1S/C21H24Cl2O5/c1-12(2)13(4-3-5-18(25)20-7-6-15(11-24)28-20)8-19(26)16-9-14(22)10-17(23)21(16)27/h3,6-7,9-10,12,18-19,24-27H,5,8,11H2,1-2H3/t4?,18-,19-/m0/s1. The fourth-order valence-corrected chi connectivity index (χ4v) is 3.20. The molecule has 5 nitrogen and oxygen atoms in total. The molecule has 2 rings (SSSR count). The first-order valence-corrected chi connectivity index (χ1v) is 9.66. The molecule has 152 valence electrons. The van der Waals surface area contributed by atoms with Gasteiger partial charge in [0, 0.05) is 23.4 Å². The van der Waals surface area contributed by atoms with E-state index in [-0.39, 0.29) is 41.7 Å². The van der Waals surface area contributed by atoms with Crippen LogP contribution in [0.25, 0.3) is 0 Å². The average molecular weight is 427 g/mol. The summed E-state index contributed by atoms with van der Waals surface area (Å²) in [6, 6.07) is 6.11. The first-order chi connectivity index (χ1) is 13.2. The van der Waals surface area contributed by atoms with Crippen LogP contribution in [0.2, 0.25) is 10.0 Å². The minimum absolute atomic E-state index is 0.0796. The molecule has 0 aliphatic heterocycles. The smallest absolute Gasteiger partial charge is 0.140 e. The molecule has 0 amide bonds. The van der Waals surface area contributed by atoms with E-state index in [2.05, 4.69) is 5.73 Å². The number of phenols is 1. The van der Waals surface area contributed by atoms with Gasteiger partial charge in [-0.05, 0) is 41.8 Å². The molecule has 0 saturated heterocycles. The molecule has 4 N–H and O–H groups in total. The fourth-order valence-electron chi connectivity index (χ4n) is 2.70. The third-order valence-corrected chi connectivity index (χ3v) is 4.83. The number of phenolic OH excluding ortho intramolecular Hbond substituents is 1. The van der Waals surface area contributed by atoms with Crippen molar-refractivity contribution in [1.29, 1.82) is 0 Å². The first kappa shape index (κ1) is 22.6. The van der Waals surface area contributed by atoms with E-state index in [1.807, 2.05) is 13.8 Å². The maximum atomic E-state index is 10.5. The van der Waals surface area contributed by atoms with Crippen LogP contribution in [0.3, 0.4) is 0 Å². The Labute approximate surface area is 174 Å². The largest absolute Gasteiger partial charge is 0.506 e. The van der Waals surface area contributed by atoms with Gasteiger partial charge in [0.15, 0.2) is 0 Å². The molecule has 0 spiro atoms. The molecule has 1 aromatic carbocycles. The van der Waals surface area contributed by atoms with Crippen molar-refractivity contribution in [2.24, 2.45) is 5.92 Å². The number of furan rings is 1. The van der Waals surface area contributed by atoms with E-state index in [1.54, 1.807) is 18.2 Å². The van der Waals surface area contributed by atoms with Crippen molar-refractivity contribution in [2.75, 3.05) is 0 Å². The summed E-state index contributed by atoms with van der Waals surface area (Å²) in [6.07, 6.45) is 0.306. The van der Waals surface area contributed by atoms with Gasteiger partial charge < -0.3 is 24.8 Å². The van der Waals surface area contributed by atoms with Gasteiger partial charge in [0.25, 0.3) is 0 Å². The second-order valence-corrected chi connectivity index (χ2v) is 7.63. The molecular formula is C21H24Cl2O5. The number of hydrogen-bond acceptors (Lipinski definition) is 5. The molecule has 1 aromatic heterocycles. The van der Waals surface area contributed by atoms with E-state index in [4.69, 9.17) is 32.7 Å². The minimum Gasteiger partial charge on any atom is -0.506 e. The predicted molar refractivity (Wildman–Crippen MR) is 108 cm³/mol. The summed E-state index contributed by atoms with van der Waals surface area (Å²) in [6.45, 7) is 3.70. The maximum Gasteiger partial charge on any atom is 0.140 e. The fraction of sp³-hybridized carbons (Fsp3) is 0.381. The highest BCUT2D eigenvalue weighted by molar-refractivity contribution is 6.35. The molecule has 0 aliphatic carbocycles. The summed E-state index contributed by atoms with van der Waals surface area (Å²) in [5.74, 6) is 0.648. The summed E-state index contributed by atoms with van der Waals surface area (Å²) in [5.41, 5.74) is 4.19. The molecule has 2 atom stereocenters. The summed E-state index contributed by atoms with van der Waals surface area (Å²) in [7, 11) is 0. The van der Waals surface area contributed by atoms with Crippen molar-refractivity contribution in [2.45, 2.75) is 45.5 Å². The van der Waals surface area contributed by atoms with Crippen LogP contribution in [-0.4, -0.2) is 20.4 Å². The van der Waals surface area contributed by atoms with Crippen LogP contribution in [0.15, 0.2) is 46.1 Å². The highest BCUT2D eigenvalue weighted by Crippen LogP contribution is 2.37. The molecule has 28 heavy (non-hydrogen) atoms. The lowest BCUT2D eigenvalue weighted by molar-refractivity contribution is 0.145. The van der Waals surface area contributed by atoms with E-state index >= 15 is 0 Å². The highest BCUT2D eigenvalue weighted by Gasteiger charge is 2.19. The highest BCUT2D eigenvalue weighted by atomic mass is 35.5. The van der Waals surface area contributed by atoms with Gasteiger partial charge in [0.05, 0.1) is 11.1 Å². The number of hydrogen-bond donors (Lipinski definition) is 4. The molecule has 0 radical (unpaired) electrons. The van der Waals surface area contributed by atoms with Crippen molar-refractivity contribution in [3.8, 4) is 5.75 Å². The predicted octanol–water partition coefficient (Wildman–Crippen LogP) is 5.07. The van der Waals surface area contributed by atoms with Gasteiger partial charge in [0.1, 0.15) is 30.0 Å². The Morgan fingerprint density at radius 1 is 1.18 bits per heavy atom. The Bertz CT molecular complexity index is 866. The number of aromatic hydroxyl groups is 1. The lowest BCUT2D eigenvalue weighted by atomic mass is 9.94. The second kappa shape index (κ2) is 10.2. The zero-order valence-electron chi connectivity index (χ0n) is 15.7. The van der Waals surface area contributed by atoms with Crippen molar-refractivity contribution in [1.82, 2.24) is 0 Å². The number of halogens is 2. The van der Waals surface area contributed by atoms with Gasteiger partial charge in [-0.1, -0.05) is 37.0 Å². The van der Waals surface area contributed by atoms with Crippen LogP contribution in [0.5, 0.6) is 5.75 Å². The van der Waals surface area contributed by atoms with E-state index in [0.29, 0.717) is 16.5 Å². The molecule has 0 bridgehead atoms. The number of benzene rings is 1. The van der Waals surface area contributed by atoms with Gasteiger partial charge in [-0.25, -0.2) is 0 Å². The monoisotopic (exact) mass is 426 g/mol. The minimum atomic E-state index is -1.00. The Morgan fingerprint density at radius 3 is 2.50 bits per heavy atom. The Balaban J connectivity index is 2.14. The molecule has 0 saturated carbocycles. The topological polar surface area (TPSA) is 94.1 Å². The van der Waals surface area contributed by atoms with Gasteiger partial charge in [-0.15, -0.1) is 5.73 Å². The van der Waals surface area contributed by atoms with Gasteiger partial charge in [-0.3, -0.25) is 0 Å². The molecule has 0 fully saturated rings. The number of aliphatic hydroxyl groups is 3.